The molecule has 0 saturated heterocycles. The second kappa shape index (κ2) is 7.04. The van der Waals surface area contributed by atoms with Gasteiger partial charge in [-0.1, -0.05) is 28.4 Å². The molecule has 1 heterocycles. The van der Waals surface area contributed by atoms with Crippen molar-refractivity contribution in [1.29, 1.82) is 0 Å². The Kier molecular flexibility index (Phi) is 5.37. The molecule has 1 aromatic carbocycles. The van der Waals surface area contributed by atoms with Gasteiger partial charge in [0.1, 0.15) is 5.82 Å². The minimum atomic E-state index is -0.555. The average molecular weight is 319 g/mol. The van der Waals surface area contributed by atoms with E-state index in [1.165, 1.54) is 12.1 Å². The molecule has 0 saturated carbocycles. The van der Waals surface area contributed by atoms with E-state index in [0.29, 0.717) is 36.0 Å². The molecule has 0 spiro atoms. The molecule has 0 amide bonds. The van der Waals surface area contributed by atoms with Gasteiger partial charge < -0.3 is 14.6 Å². The zero-order valence-corrected chi connectivity index (χ0v) is 12.3. The maximum absolute atomic E-state index is 13.6. The Morgan fingerprint density at radius 3 is 2.90 bits per heavy atom. The fraction of sp³-hybridized carbons (Fsp3) is 0.308. The summed E-state index contributed by atoms with van der Waals surface area (Å²) < 4.78 is 23.7. The molecule has 2 aromatic rings. The van der Waals surface area contributed by atoms with Crippen molar-refractivity contribution in [3.63, 3.8) is 0 Å². The predicted octanol–water partition coefficient (Wildman–Crippen LogP) is 3.52. The summed E-state index contributed by atoms with van der Waals surface area (Å²) in [6.07, 6.45) is 1.57. The normalized spacial score (nSPS) is 11.0. The highest BCUT2D eigenvalue weighted by atomic mass is 35.5. The zero-order chi connectivity index (χ0) is 14.5. The summed E-state index contributed by atoms with van der Waals surface area (Å²) in [7, 11) is 1.63. The largest absolute Gasteiger partial charge is 0.383 e. The minimum Gasteiger partial charge on any atom is -0.383 e. The molecule has 1 N–H and O–H groups in total. The summed E-state index contributed by atoms with van der Waals surface area (Å²) >= 11 is 11.7. The molecule has 0 aliphatic rings. The van der Waals surface area contributed by atoms with Gasteiger partial charge in [0.15, 0.2) is 5.76 Å². The van der Waals surface area contributed by atoms with E-state index in [9.17, 15) is 4.39 Å². The average Bonchev–Trinajstić information content (AvgIpc) is 2.87. The molecule has 0 fully saturated rings. The van der Waals surface area contributed by atoms with E-state index < -0.39 is 5.82 Å². The number of methoxy groups -OCH3 is 1. The van der Waals surface area contributed by atoms with Crippen molar-refractivity contribution in [2.45, 2.75) is 6.54 Å². The second-order valence-corrected chi connectivity index (χ2v) is 4.91. The van der Waals surface area contributed by atoms with Crippen molar-refractivity contribution < 1.29 is 13.7 Å². The Morgan fingerprint density at radius 1 is 1.35 bits per heavy atom. The van der Waals surface area contributed by atoms with Gasteiger partial charge in [0.25, 0.3) is 0 Å². The third kappa shape index (κ3) is 3.49. The van der Waals surface area contributed by atoms with Crippen LogP contribution in [0, 0.1) is 5.82 Å². The Bertz CT molecular complexity index is 590. The van der Waals surface area contributed by atoms with Crippen molar-refractivity contribution in [3.05, 3.63) is 39.8 Å². The van der Waals surface area contributed by atoms with E-state index in [0.717, 1.165) is 5.56 Å². The lowest BCUT2D eigenvalue weighted by Crippen LogP contribution is -2.18. The number of benzene rings is 1. The Labute approximate surface area is 125 Å². The lowest BCUT2D eigenvalue weighted by molar-refractivity contribution is 0.199. The van der Waals surface area contributed by atoms with Gasteiger partial charge >= 0.3 is 0 Å². The first-order valence-corrected chi connectivity index (χ1v) is 6.67. The lowest BCUT2D eigenvalue weighted by atomic mass is 10.1. The van der Waals surface area contributed by atoms with Gasteiger partial charge in [-0.3, -0.25) is 0 Å². The fourth-order valence-corrected chi connectivity index (χ4v) is 2.17. The predicted molar refractivity (Wildman–Crippen MR) is 75.5 cm³/mol. The highest BCUT2D eigenvalue weighted by molar-refractivity contribution is 6.36. The van der Waals surface area contributed by atoms with Gasteiger partial charge in [-0.25, -0.2) is 4.39 Å². The molecule has 0 radical (unpaired) electrons. The molecule has 1 aromatic heterocycles. The minimum absolute atomic E-state index is 0.0296. The van der Waals surface area contributed by atoms with Crippen LogP contribution in [-0.2, 0) is 11.3 Å². The van der Waals surface area contributed by atoms with Crippen LogP contribution in [-0.4, -0.2) is 25.4 Å². The highest BCUT2D eigenvalue weighted by Crippen LogP contribution is 2.34. The van der Waals surface area contributed by atoms with E-state index in [-0.39, 0.29) is 5.02 Å². The zero-order valence-electron chi connectivity index (χ0n) is 10.8. The van der Waals surface area contributed by atoms with Gasteiger partial charge in [0, 0.05) is 31.3 Å². The first kappa shape index (κ1) is 15.3. The maximum Gasteiger partial charge on any atom is 0.172 e. The number of ether oxygens (including phenoxy) is 1. The lowest BCUT2D eigenvalue weighted by Gasteiger charge is -2.06. The van der Waals surface area contributed by atoms with Crippen LogP contribution in [0.5, 0.6) is 0 Å². The molecule has 4 nitrogen and oxygen atoms in total. The van der Waals surface area contributed by atoms with Crippen LogP contribution < -0.4 is 5.32 Å². The molecule has 0 aliphatic carbocycles. The molecular formula is C13H13Cl2FN2O2. The van der Waals surface area contributed by atoms with Crippen LogP contribution in [0.25, 0.3) is 11.3 Å². The summed E-state index contributed by atoms with van der Waals surface area (Å²) in [4.78, 5) is 0. The monoisotopic (exact) mass is 318 g/mol. The molecule has 7 heteroatoms. The van der Waals surface area contributed by atoms with Gasteiger partial charge in [-0.2, -0.15) is 0 Å². The summed E-state index contributed by atoms with van der Waals surface area (Å²) in [6, 6.07) is 2.59. The van der Waals surface area contributed by atoms with Gasteiger partial charge in [-0.15, -0.1) is 0 Å². The number of hydrogen-bond acceptors (Lipinski definition) is 4. The topological polar surface area (TPSA) is 47.3 Å². The Morgan fingerprint density at radius 2 is 2.15 bits per heavy atom. The van der Waals surface area contributed by atoms with Crippen molar-refractivity contribution in [2.24, 2.45) is 0 Å². The molecule has 0 bridgehead atoms. The third-order valence-corrected chi connectivity index (χ3v) is 3.30. The molecule has 0 unspecified atom stereocenters. The van der Waals surface area contributed by atoms with Crippen LogP contribution in [0.2, 0.25) is 10.0 Å². The van der Waals surface area contributed by atoms with E-state index in [4.69, 9.17) is 32.5 Å². The Balaban J connectivity index is 2.21. The van der Waals surface area contributed by atoms with Crippen LogP contribution in [0.1, 0.15) is 5.56 Å². The van der Waals surface area contributed by atoms with E-state index in [2.05, 4.69) is 10.5 Å². The number of aromatic nitrogens is 1. The molecule has 0 aliphatic heterocycles. The van der Waals surface area contributed by atoms with Crippen LogP contribution in [0.3, 0.4) is 0 Å². The SMILES string of the molecule is COCCNCc1cnoc1-c1cc(F)c(Cl)cc1Cl. The van der Waals surface area contributed by atoms with Crippen LogP contribution in [0.4, 0.5) is 4.39 Å². The molecule has 2 rings (SSSR count). The summed E-state index contributed by atoms with van der Waals surface area (Å²) in [5.41, 5.74) is 1.21. The Hall–Kier alpha value is -1.14. The molecular weight excluding hydrogens is 306 g/mol. The first-order chi connectivity index (χ1) is 9.63. The van der Waals surface area contributed by atoms with Crippen molar-refractivity contribution in [2.75, 3.05) is 20.3 Å². The first-order valence-electron chi connectivity index (χ1n) is 5.91. The molecule has 108 valence electrons. The van der Waals surface area contributed by atoms with Crippen LogP contribution >= 0.6 is 23.2 Å². The van der Waals surface area contributed by atoms with Gasteiger partial charge in [0.2, 0.25) is 0 Å². The fourth-order valence-electron chi connectivity index (χ4n) is 1.70. The second-order valence-electron chi connectivity index (χ2n) is 4.10. The number of hydrogen-bond donors (Lipinski definition) is 1. The number of nitrogens with zero attached hydrogens (tertiary/aromatic N) is 1. The molecule has 0 atom stereocenters. The van der Waals surface area contributed by atoms with E-state index in [1.807, 2.05) is 0 Å². The van der Waals surface area contributed by atoms with Gasteiger partial charge in [0.05, 0.1) is 22.8 Å². The number of nitrogens with one attached hydrogen (secondary N) is 1. The van der Waals surface area contributed by atoms with Crippen molar-refractivity contribution >= 4 is 23.2 Å². The number of rotatable bonds is 6. The highest BCUT2D eigenvalue weighted by Gasteiger charge is 2.16. The standard InChI is InChI=1S/C13H13Cl2FN2O2/c1-19-3-2-17-6-8-7-18-20-13(8)9-4-12(16)11(15)5-10(9)14/h4-5,7,17H,2-3,6H2,1H3. The van der Waals surface area contributed by atoms with Crippen molar-refractivity contribution in [3.8, 4) is 11.3 Å². The van der Waals surface area contributed by atoms with E-state index in [1.54, 1.807) is 13.3 Å². The summed E-state index contributed by atoms with van der Waals surface area (Å²) in [6.45, 7) is 1.80. The summed E-state index contributed by atoms with van der Waals surface area (Å²) in [5.74, 6) is -0.128. The van der Waals surface area contributed by atoms with Crippen LogP contribution in [0.15, 0.2) is 22.9 Å². The van der Waals surface area contributed by atoms with Gasteiger partial charge in [-0.05, 0) is 12.1 Å². The third-order valence-electron chi connectivity index (χ3n) is 2.70. The smallest absolute Gasteiger partial charge is 0.172 e. The number of halogens is 3. The quantitative estimate of drug-likeness (QED) is 0.654. The maximum atomic E-state index is 13.6. The van der Waals surface area contributed by atoms with E-state index >= 15 is 0 Å². The van der Waals surface area contributed by atoms with Crippen molar-refractivity contribution in [1.82, 2.24) is 10.5 Å². The molecule has 20 heavy (non-hydrogen) atoms. The summed E-state index contributed by atoms with van der Waals surface area (Å²) in [5, 5.41) is 7.17.